The Labute approximate surface area is 156 Å². The Balaban J connectivity index is 2.10. The second kappa shape index (κ2) is 8.16. The Morgan fingerprint density at radius 2 is 1.74 bits per heavy atom. The monoisotopic (exact) mass is 377 g/mol. The topological polar surface area (TPSA) is 75.6 Å². The summed E-state index contributed by atoms with van der Waals surface area (Å²) in [6.45, 7) is 5.03. The van der Waals surface area contributed by atoms with Crippen LogP contribution in [0, 0.1) is 11.6 Å². The maximum Gasteiger partial charge on any atom is 0.408 e. The lowest BCUT2D eigenvalue weighted by Crippen LogP contribution is -2.44. The first-order valence-electron chi connectivity index (χ1n) is 8.32. The number of ether oxygens (including phenoxy) is 1. The van der Waals surface area contributed by atoms with Crippen LogP contribution >= 0.6 is 0 Å². The molecule has 2 N–H and O–H groups in total. The molecule has 144 valence electrons. The highest BCUT2D eigenvalue weighted by molar-refractivity contribution is 5.80. The molecule has 27 heavy (non-hydrogen) atoms. The van der Waals surface area contributed by atoms with E-state index in [2.05, 4.69) is 5.32 Å². The Bertz CT molecular complexity index is 829. The highest BCUT2D eigenvalue weighted by Gasteiger charge is 2.24. The third kappa shape index (κ3) is 6.06. The minimum absolute atomic E-state index is 0.0285. The second-order valence-corrected chi connectivity index (χ2v) is 7.06. The van der Waals surface area contributed by atoms with Crippen molar-refractivity contribution in [3.8, 4) is 11.1 Å². The molecule has 2 rings (SSSR count). The zero-order valence-corrected chi connectivity index (χ0v) is 15.3. The van der Waals surface area contributed by atoms with Gasteiger partial charge in [-0.3, -0.25) is 0 Å². The van der Waals surface area contributed by atoms with Gasteiger partial charge in [-0.05, 0) is 44.0 Å². The van der Waals surface area contributed by atoms with Gasteiger partial charge in [0.2, 0.25) is 0 Å². The first-order valence-corrected chi connectivity index (χ1v) is 8.32. The number of benzene rings is 2. The molecule has 0 aliphatic rings. The molecule has 0 saturated carbocycles. The molecule has 0 unspecified atom stereocenters. The van der Waals surface area contributed by atoms with Crippen LogP contribution in [0.2, 0.25) is 0 Å². The number of rotatable bonds is 5. The van der Waals surface area contributed by atoms with E-state index < -0.39 is 35.3 Å². The fourth-order valence-corrected chi connectivity index (χ4v) is 2.43. The number of amides is 1. The van der Waals surface area contributed by atoms with Crippen LogP contribution in [-0.4, -0.2) is 28.8 Å². The van der Waals surface area contributed by atoms with Gasteiger partial charge in [-0.15, -0.1) is 0 Å². The van der Waals surface area contributed by atoms with Crippen LogP contribution < -0.4 is 5.32 Å². The van der Waals surface area contributed by atoms with Gasteiger partial charge in [0.25, 0.3) is 0 Å². The summed E-state index contributed by atoms with van der Waals surface area (Å²) < 4.78 is 31.9. The van der Waals surface area contributed by atoms with Gasteiger partial charge in [0, 0.05) is 18.1 Å². The maximum absolute atomic E-state index is 13.9. The third-order valence-electron chi connectivity index (χ3n) is 3.62. The zero-order chi connectivity index (χ0) is 20.2. The molecule has 0 aliphatic heterocycles. The summed E-state index contributed by atoms with van der Waals surface area (Å²) in [5, 5.41) is 11.6. The minimum Gasteiger partial charge on any atom is -0.480 e. The first kappa shape index (κ1) is 20.4. The van der Waals surface area contributed by atoms with E-state index in [0.717, 1.165) is 12.1 Å². The van der Waals surface area contributed by atoms with E-state index >= 15 is 0 Å². The average Bonchev–Trinajstić information content (AvgIpc) is 2.53. The predicted octanol–water partition coefficient (Wildman–Crippen LogP) is 4.15. The smallest absolute Gasteiger partial charge is 0.408 e. The van der Waals surface area contributed by atoms with Gasteiger partial charge < -0.3 is 15.2 Å². The van der Waals surface area contributed by atoms with Crippen LogP contribution in [0.25, 0.3) is 11.1 Å². The molecule has 2 aromatic carbocycles. The van der Waals surface area contributed by atoms with Crippen LogP contribution in [0.15, 0.2) is 42.5 Å². The van der Waals surface area contributed by atoms with Gasteiger partial charge >= 0.3 is 12.1 Å². The third-order valence-corrected chi connectivity index (χ3v) is 3.62. The van der Waals surface area contributed by atoms with Crippen molar-refractivity contribution in [2.24, 2.45) is 0 Å². The van der Waals surface area contributed by atoms with Crippen molar-refractivity contribution in [1.82, 2.24) is 5.32 Å². The van der Waals surface area contributed by atoms with Crippen LogP contribution in [0.5, 0.6) is 0 Å². The fraction of sp³-hybridized carbons (Fsp3) is 0.300. The minimum atomic E-state index is -1.20. The molecule has 0 spiro atoms. The second-order valence-electron chi connectivity index (χ2n) is 7.06. The number of carbonyl (C=O) groups excluding carboxylic acids is 1. The molecular weight excluding hydrogens is 356 g/mol. The van der Waals surface area contributed by atoms with Crippen LogP contribution in [-0.2, 0) is 16.0 Å². The fourth-order valence-electron chi connectivity index (χ4n) is 2.43. The molecule has 0 aliphatic carbocycles. The summed E-state index contributed by atoms with van der Waals surface area (Å²) in [7, 11) is 0. The summed E-state index contributed by atoms with van der Waals surface area (Å²) in [5.41, 5.74) is 0.658. The Hall–Kier alpha value is -2.96. The number of hydrogen-bond donors (Lipinski definition) is 2. The van der Waals surface area contributed by atoms with Crippen molar-refractivity contribution in [3.05, 3.63) is 59.7 Å². The summed E-state index contributed by atoms with van der Waals surface area (Å²) in [6.07, 6.45) is -0.791. The van der Waals surface area contributed by atoms with E-state index in [1.807, 2.05) is 0 Å². The van der Waals surface area contributed by atoms with Crippen LogP contribution in [0.1, 0.15) is 26.3 Å². The zero-order valence-electron chi connectivity index (χ0n) is 15.3. The lowest BCUT2D eigenvalue weighted by atomic mass is 10.0. The van der Waals surface area contributed by atoms with Gasteiger partial charge in [-0.25, -0.2) is 18.4 Å². The quantitative estimate of drug-likeness (QED) is 0.821. The van der Waals surface area contributed by atoms with Crippen LogP contribution in [0.4, 0.5) is 13.6 Å². The highest BCUT2D eigenvalue weighted by Crippen LogP contribution is 2.24. The normalized spacial score (nSPS) is 12.3. The standard InChI is InChI=1S/C20H21F2NO4/c1-20(2,3)27-19(26)23-17(18(24)25)10-12-4-6-13(7-5-12)15-9-8-14(21)11-16(15)22/h4-9,11,17H,10H2,1-3H3,(H,23,26)(H,24,25)/t17-/m1/s1. The molecular formula is C20H21F2NO4. The number of carboxylic acids is 1. The van der Waals surface area contributed by atoms with E-state index in [9.17, 15) is 23.5 Å². The van der Waals surface area contributed by atoms with Gasteiger partial charge in [0.15, 0.2) is 0 Å². The van der Waals surface area contributed by atoms with Crippen molar-refractivity contribution in [2.45, 2.75) is 38.8 Å². The molecule has 0 aromatic heterocycles. The highest BCUT2D eigenvalue weighted by atomic mass is 19.1. The molecule has 0 radical (unpaired) electrons. The Morgan fingerprint density at radius 3 is 2.26 bits per heavy atom. The van der Waals surface area contributed by atoms with Gasteiger partial charge in [-0.1, -0.05) is 24.3 Å². The summed E-state index contributed by atoms with van der Waals surface area (Å²) in [4.78, 5) is 23.2. The van der Waals surface area contributed by atoms with Crippen molar-refractivity contribution in [3.63, 3.8) is 0 Å². The van der Waals surface area contributed by atoms with E-state index in [0.29, 0.717) is 11.1 Å². The molecule has 1 amide bonds. The molecule has 0 bridgehead atoms. The Kier molecular flexibility index (Phi) is 6.15. The summed E-state index contributed by atoms with van der Waals surface area (Å²) in [6, 6.07) is 8.61. The maximum atomic E-state index is 13.9. The SMILES string of the molecule is CC(C)(C)OC(=O)N[C@H](Cc1ccc(-c2ccc(F)cc2F)cc1)C(=O)O. The number of nitrogens with one attached hydrogen (secondary N) is 1. The molecule has 5 nitrogen and oxygen atoms in total. The number of halogens is 2. The largest absolute Gasteiger partial charge is 0.480 e. The van der Waals surface area contributed by atoms with Crippen molar-refractivity contribution >= 4 is 12.1 Å². The van der Waals surface area contributed by atoms with Crippen molar-refractivity contribution in [1.29, 1.82) is 0 Å². The van der Waals surface area contributed by atoms with E-state index in [1.165, 1.54) is 6.07 Å². The molecule has 7 heteroatoms. The molecule has 0 fully saturated rings. The van der Waals surface area contributed by atoms with Gasteiger partial charge in [-0.2, -0.15) is 0 Å². The average molecular weight is 377 g/mol. The van der Waals surface area contributed by atoms with Gasteiger partial charge in [0.1, 0.15) is 23.3 Å². The van der Waals surface area contributed by atoms with E-state index in [-0.39, 0.29) is 12.0 Å². The Morgan fingerprint density at radius 1 is 1.11 bits per heavy atom. The number of alkyl carbamates (subject to hydrolysis) is 1. The van der Waals surface area contributed by atoms with Crippen molar-refractivity contribution in [2.75, 3.05) is 0 Å². The number of hydrogen-bond acceptors (Lipinski definition) is 3. The van der Waals surface area contributed by atoms with E-state index in [1.54, 1.807) is 45.0 Å². The number of aliphatic carboxylic acids is 1. The van der Waals surface area contributed by atoms with Crippen molar-refractivity contribution < 1.29 is 28.2 Å². The molecule has 1 atom stereocenters. The van der Waals surface area contributed by atoms with E-state index in [4.69, 9.17) is 4.74 Å². The summed E-state index contributed by atoms with van der Waals surface area (Å²) >= 11 is 0. The lowest BCUT2D eigenvalue weighted by Gasteiger charge is -2.22. The molecule has 0 saturated heterocycles. The van der Waals surface area contributed by atoms with Crippen LogP contribution in [0.3, 0.4) is 0 Å². The van der Waals surface area contributed by atoms with Gasteiger partial charge in [0.05, 0.1) is 0 Å². The molecule has 0 heterocycles. The molecule has 2 aromatic rings. The number of carbonyl (C=O) groups is 2. The summed E-state index contributed by atoms with van der Waals surface area (Å²) in [5.74, 6) is -2.54. The first-order chi connectivity index (χ1) is 12.5. The predicted molar refractivity (Wildman–Crippen MR) is 96.3 cm³/mol. The lowest BCUT2D eigenvalue weighted by molar-refractivity contribution is -0.139. The number of carboxylic acid groups (broad SMARTS) is 1.